The van der Waals surface area contributed by atoms with E-state index in [9.17, 15) is 36.5 Å². The van der Waals surface area contributed by atoms with Gasteiger partial charge in [0.25, 0.3) is 11.6 Å². The number of nitrogens with zero attached hydrogens (tertiary/aromatic N) is 3. The Bertz CT molecular complexity index is 1100. The van der Waals surface area contributed by atoms with E-state index in [0.29, 0.717) is 0 Å². The van der Waals surface area contributed by atoms with Crippen molar-refractivity contribution < 1.29 is 36.0 Å². The third kappa shape index (κ3) is 5.34. The molecule has 0 bridgehead atoms. The monoisotopic (exact) mass is 473 g/mol. The largest absolute Gasteiger partial charge is 0.484 e. The van der Waals surface area contributed by atoms with Crippen LogP contribution in [0.4, 0.5) is 18.9 Å². The molecule has 1 saturated heterocycles. The molecule has 1 amide bonds. The van der Waals surface area contributed by atoms with Crippen molar-refractivity contribution in [3.8, 4) is 5.75 Å². The molecule has 1 aliphatic rings. The molecule has 1 aliphatic heterocycles. The lowest BCUT2D eigenvalue weighted by atomic mass is 10.2. The van der Waals surface area contributed by atoms with Crippen LogP contribution in [0, 0.1) is 10.1 Å². The molecule has 0 radical (unpaired) electrons. The highest BCUT2D eigenvalue weighted by Crippen LogP contribution is 2.27. The number of nitro benzene ring substituents is 1. The van der Waals surface area contributed by atoms with Crippen LogP contribution in [0.2, 0.25) is 0 Å². The van der Waals surface area contributed by atoms with E-state index in [0.717, 1.165) is 16.4 Å². The Morgan fingerprint density at radius 3 is 2.19 bits per heavy atom. The highest BCUT2D eigenvalue weighted by Gasteiger charge is 2.34. The van der Waals surface area contributed by atoms with Gasteiger partial charge in [0, 0.05) is 37.8 Å². The Balaban J connectivity index is 1.64. The molecule has 172 valence electrons. The number of carbonyl (C=O) groups excluding carboxylic acids is 1. The molecule has 0 N–H and O–H groups in total. The summed E-state index contributed by atoms with van der Waals surface area (Å²) in [6.45, 7) is -1.48. The number of para-hydroxylation sites is 1. The van der Waals surface area contributed by atoms with Crippen LogP contribution in [0.5, 0.6) is 5.75 Å². The number of amides is 1. The number of benzene rings is 2. The molecule has 0 atom stereocenters. The maximum absolute atomic E-state index is 12.9. The zero-order chi connectivity index (χ0) is 23.5. The van der Waals surface area contributed by atoms with Gasteiger partial charge >= 0.3 is 6.18 Å². The Kier molecular flexibility index (Phi) is 6.69. The fraction of sp³-hybridized carbons (Fsp3) is 0.316. The molecule has 1 fully saturated rings. The summed E-state index contributed by atoms with van der Waals surface area (Å²) in [6.07, 6.45) is -4.48. The molecule has 2 aromatic rings. The molecule has 3 rings (SSSR count). The van der Waals surface area contributed by atoms with Gasteiger partial charge in [-0.25, -0.2) is 8.42 Å². The van der Waals surface area contributed by atoms with E-state index < -0.39 is 44.2 Å². The van der Waals surface area contributed by atoms with Crippen LogP contribution in [0.3, 0.4) is 0 Å². The van der Waals surface area contributed by atoms with Gasteiger partial charge < -0.3 is 9.64 Å². The number of sulfonamides is 1. The molecular weight excluding hydrogens is 455 g/mol. The van der Waals surface area contributed by atoms with Crippen molar-refractivity contribution in [3.63, 3.8) is 0 Å². The van der Waals surface area contributed by atoms with Crippen LogP contribution in [0.15, 0.2) is 53.4 Å². The first kappa shape index (κ1) is 23.5. The molecule has 2 aromatic carbocycles. The number of ether oxygens (including phenoxy) is 1. The lowest BCUT2D eigenvalue weighted by Gasteiger charge is -2.34. The Hall–Kier alpha value is -3.19. The number of carbonyl (C=O) groups is 1. The minimum atomic E-state index is -4.48. The summed E-state index contributed by atoms with van der Waals surface area (Å²) < 4.78 is 68.0. The summed E-state index contributed by atoms with van der Waals surface area (Å²) in [5.41, 5.74) is -0.321. The smallest absolute Gasteiger partial charge is 0.422 e. The van der Waals surface area contributed by atoms with Crippen LogP contribution in [0.25, 0.3) is 0 Å². The molecular formula is C19H18F3N3O6S. The Morgan fingerprint density at radius 2 is 1.62 bits per heavy atom. The van der Waals surface area contributed by atoms with Gasteiger partial charge in [0.1, 0.15) is 5.75 Å². The van der Waals surface area contributed by atoms with Crippen LogP contribution in [0.1, 0.15) is 10.4 Å². The summed E-state index contributed by atoms with van der Waals surface area (Å²) in [6, 6.07) is 10.2. The minimum absolute atomic E-state index is 0.0424. The molecule has 9 nitrogen and oxygen atoms in total. The lowest BCUT2D eigenvalue weighted by molar-refractivity contribution is -0.387. The van der Waals surface area contributed by atoms with Crippen molar-refractivity contribution in [1.29, 1.82) is 0 Å². The van der Waals surface area contributed by atoms with Gasteiger partial charge in [-0.2, -0.15) is 17.5 Å². The van der Waals surface area contributed by atoms with E-state index in [1.165, 1.54) is 41.3 Å². The number of alkyl halides is 3. The summed E-state index contributed by atoms with van der Waals surface area (Å²) in [5, 5.41) is 11.2. The fourth-order valence-electron chi connectivity index (χ4n) is 3.14. The minimum Gasteiger partial charge on any atom is -0.484 e. The van der Waals surface area contributed by atoms with Gasteiger partial charge in [-0.3, -0.25) is 14.9 Å². The normalized spacial score (nSPS) is 15.4. The van der Waals surface area contributed by atoms with Gasteiger partial charge in [0.2, 0.25) is 10.0 Å². The van der Waals surface area contributed by atoms with Crippen molar-refractivity contribution in [2.24, 2.45) is 0 Å². The van der Waals surface area contributed by atoms with Crippen molar-refractivity contribution in [1.82, 2.24) is 9.21 Å². The predicted molar refractivity (Wildman–Crippen MR) is 106 cm³/mol. The van der Waals surface area contributed by atoms with Gasteiger partial charge in [-0.1, -0.05) is 12.1 Å². The summed E-state index contributed by atoms with van der Waals surface area (Å²) in [4.78, 5) is 24.0. The molecule has 0 spiro atoms. The lowest BCUT2D eigenvalue weighted by Crippen LogP contribution is -2.50. The Morgan fingerprint density at radius 1 is 1.03 bits per heavy atom. The highest BCUT2D eigenvalue weighted by molar-refractivity contribution is 7.89. The van der Waals surface area contributed by atoms with E-state index in [-0.39, 0.29) is 37.5 Å². The summed E-state index contributed by atoms with van der Waals surface area (Å²) in [7, 11) is -4.13. The molecule has 0 unspecified atom stereocenters. The summed E-state index contributed by atoms with van der Waals surface area (Å²) >= 11 is 0. The quantitative estimate of drug-likeness (QED) is 0.471. The second-order valence-electron chi connectivity index (χ2n) is 6.85. The highest BCUT2D eigenvalue weighted by atomic mass is 32.2. The number of piperazine rings is 1. The summed E-state index contributed by atoms with van der Waals surface area (Å²) in [5.74, 6) is -0.464. The van der Waals surface area contributed by atoms with E-state index in [1.54, 1.807) is 0 Å². The molecule has 0 aliphatic carbocycles. The van der Waals surface area contributed by atoms with Crippen LogP contribution < -0.4 is 4.74 Å². The van der Waals surface area contributed by atoms with Gasteiger partial charge in [0.05, 0.1) is 4.92 Å². The maximum atomic E-state index is 12.9. The molecule has 0 aromatic heterocycles. The van der Waals surface area contributed by atoms with Crippen molar-refractivity contribution >= 4 is 21.6 Å². The fourth-order valence-corrected chi connectivity index (χ4v) is 4.72. The number of hydrogen-bond acceptors (Lipinski definition) is 6. The average molecular weight is 473 g/mol. The predicted octanol–water partition coefficient (Wildman–Crippen LogP) is 2.68. The van der Waals surface area contributed by atoms with Crippen molar-refractivity contribution in [3.05, 3.63) is 64.2 Å². The molecule has 32 heavy (non-hydrogen) atoms. The number of nitro groups is 1. The Labute approximate surface area is 181 Å². The zero-order valence-corrected chi connectivity index (χ0v) is 17.3. The first-order chi connectivity index (χ1) is 15.0. The second-order valence-corrected chi connectivity index (χ2v) is 8.76. The number of hydrogen-bond donors (Lipinski definition) is 0. The van der Waals surface area contributed by atoms with Crippen molar-refractivity contribution in [2.75, 3.05) is 32.8 Å². The zero-order valence-electron chi connectivity index (χ0n) is 16.5. The standard InChI is InChI=1S/C19H18F3N3O6S/c20-19(21,22)13-31-15-7-5-14(6-8-15)18(26)23-9-11-24(12-10-23)32(29,30)17-4-2-1-3-16(17)25(27)28/h1-8H,9-13H2. The third-order valence-electron chi connectivity index (χ3n) is 4.71. The first-order valence-corrected chi connectivity index (χ1v) is 10.8. The van der Waals surface area contributed by atoms with E-state index in [1.807, 2.05) is 0 Å². The average Bonchev–Trinajstić information content (AvgIpc) is 2.77. The van der Waals surface area contributed by atoms with Crippen LogP contribution in [-0.2, 0) is 10.0 Å². The SMILES string of the molecule is O=C(c1ccc(OCC(F)(F)F)cc1)N1CCN(S(=O)(=O)c2ccccc2[N+](=O)[O-])CC1. The maximum Gasteiger partial charge on any atom is 0.422 e. The van der Waals surface area contributed by atoms with E-state index in [2.05, 4.69) is 4.74 Å². The molecule has 13 heteroatoms. The van der Waals surface area contributed by atoms with E-state index >= 15 is 0 Å². The van der Waals surface area contributed by atoms with E-state index in [4.69, 9.17) is 0 Å². The van der Waals surface area contributed by atoms with Gasteiger partial charge in [0.15, 0.2) is 11.5 Å². The first-order valence-electron chi connectivity index (χ1n) is 9.31. The van der Waals surface area contributed by atoms with Gasteiger partial charge in [-0.05, 0) is 30.3 Å². The topological polar surface area (TPSA) is 110 Å². The molecule has 1 heterocycles. The number of halogens is 3. The second kappa shape index (κ2) is 9.12. The number of rotatable bonds is 6. The van der Waals surface area contributed by atoms with Crippen molar-refractivity contribution in [2.45, 2.75) is 11.1 Å². The van der Waals surface area contributed by atoms with Gasteiger partial charge in [-0.15, -0.1) is 0 Å². The third-order valence-corrected chi connectivity index (χ3v) is 6.66. The van der Waals surface area contributed by atoms with Crippen LogP contribution >= 0.6 is 0 Å². The van der Waals surface area contributed by atoms with Crippen LogP contribution in [-0.4, -0.2) is 67.4 Å². The molecule has 0 saturated carbocycles.